The molecule has 0 saturated carbocycles. The fourth-order valence-electron chi connectivity index (χ4n) is 1.24. The highest BCUT2D eigenvalue weighted by Gasteiger charge is 1.94. The Balaban J connectivity index is 3.68. The summed E-state index contributed by atoms with van der Waals surface area (Å²) < 4.78 is 0. The van der Waals surface area contributed by atoms with Crippen LogP contribution in [0.25, 0.3) is 0 Å². The topological polar surface area (TPSA) is 12.0 Å². The number of nitrogens with one attached hydrogen (secondary N) is 1. The predicted octanol–water partition coefficient (Wildman–Crippen LogP) is 3.47. The maximum absolute atomic E-state index is 3.28. The minimum atomic E-state index is 1.04. The number of hydrogen-bond donors (Lipinski definition) is 1. The summed E-state index contributed by atoms with van der Waals surface area (Å²) in [5, 5.41) is 3.28. The summed E-state index contributed by atoms with van der Waals surface area (Å²) in [6, 6.07) is 0. The van der Waals surface area contributed by atoms with E-state index in [0.717, 1.165) is 6.54 Å². The first-order valence-corrected chi connectivity index (χ1v) is 5.26. The molecule has 0 fully saturated rings. The molecule has 0 unspecified atom stereocenters. The van der Waals surface area contributed by atoms with Crippen molar-refractivity contribution in [2.45, 2.75) is 52.9 Å². The summed E-state index contributed by atoms with van der Waals surface area (Å²) >= 11 is 0. The normalized spacial score (nSPS) is 11.8. The molecule has 0 aliphatic heterocycles. The van der Waals surface area contributed by atoms with Crippen LogP contribution in [0.3, 0.4) is 0 Å². The lowest BCUT2D eigenvalue weighted by Crippen LogP contribution is -2.04. The van der Waals surface area contributed by atoms with E-state index in [9.17, 15) is 0 Å². The molecule has 0 aromatic carbocycles. The quantitative estimate of drug-likeness (QED) is 0.615. The molecule has 0 aliphatic carbocycles. The van der Waals surface area contributed by atoms with Crippen LogP contribution in [0.15, 0.2) is 11.8 Å². The Labute approximate surface area is 77.2 Å². The van der Waals surface area contributed by atoms with Crippen LogP contribution in [-0.4, -0.2) is 6.54 Å². The fraction of sp³-hybridized carbons (Fsp3) is 0.818. The Morgan fingerprint density at radius 2 is 1.83 bits per heavy atom. The Hall–Kier alpha value is -0.460. The molecular weight excluding hydrogens is 146 g/mol. The standard InChI is InChI=1S/C11H23N/c1-4-7-9-11(8-5-2)10-12-6-3/h10,12H,4-9H2,1-3H3/b11-10-. The Kier molecular flexibility index (Phi) is 8.30. The second-order valence-corrected chi connectivity index (χ2v) is 3.21. The Morgan fingerprint density at radius 3 is 2.33 bits per heavy atom. The van der Waals surface area contributed by atoms with Crippen LogP contribution >= 0.6 is 0 Å². The number of rotatable bonds is 7. The molecule has 0 aliphatic rings. The largest absolute Gasteiger partial charge is 0.391 e. The first kappa shape index (κ1) is 11.5. The van der Waals surface area contributed by atoms with Gasteiger partial charge in [-0.15, -0.1) is 0 Å². The zero-order valence-electron chi connectivity index (χ0n) is 8.82. The van der Waals surface area contributed by atoms with E-state index in [4.69, 9.17) is 0 Å². The minimum absolute atomic E-state index is 1.04. The van der Waals surface area contributed by atoms with Gasteiger partial charge in [-0.05, 0) is 32.4 Å². The molecule has 0 amide bonds. The zero-order valence-corrected chi connectivity index (χ0v) is 8.82. The van der Waals surface area contributed by atoms with Gasteiger partial charge in [0.25, 0.3) is 0 Å². The van der Waals surface area contributed by atoms with Gasteiger partial charge in [-0.25, -0.2) is 0 Å². The summed E-state index contributed by atoms with van der Waals surface area (Å²) in [5.41, 5.74) is 1.58. The molecular formula is C11H23N. The molecule has 12 heavy (non-hydrogen) atoms. The molecule has 0 radical (unpaired) electrons. The van der Waals surface area contributed by atoms with Crippen LogP contribution in [0.2, 0.25) is 0 Å². The second-order valence-electron chi connectivity index (χ2n) is 3.21. The third-order valence-corrected chi connectivity index (χ3v) is 1.93. The van der Waals surface area contributed by atoms with Crippen LogP contribution < -0.4 is 5.32 Å². The lowest BCUT2D eigenvalue weighted by Gasteiger charge is -2.05. The fourth-order valence-corrected chi connectivity index (χ4v) is 1.24. The molecule has 1 nitrogen and oxygen atoms in total. The first-order valence-electron chi connectivity index (χ1n) is 5.26. The molecule has 0 saturated heterocycles. The third-order valence-electron chi connectivity index (χ3n) is 1.93. The van der Waals surface area contributed by atoms with Crippen molar-refractivity contribution in [3.8, 4) is 0 Å². The smallest absolute Gasteiger partial charge is 0.0113 e. The van der Waals surface area contributed by atoms with Crippen molar-refractivity contribution in [3.05, 3.63) is 11.8 Å². The van der Waals surface area contributed by atoms with Crippen LogP contribution in [0.5, 0.6) is 0 Å². The summed E-state index contributed by atoms with van der Waals surface area (Å²) in [4.78, 5) is 0. The van der Waals surface area contributed by atoms with Gasteiger partial charge >= 0.3 is 0 Å². The minimum Gasteiger partial charge on any atom is -0.391 e. The van der Waals surface area contributed by atoms with Crippen LogP contribution in [0, 0.1) is 0 Å². The molecule has 0 bridgehead atoms. The van der Waals surface area contributed by atoms with E-state index in [1.165, 1.54) is 32.1 Å². The molecule has 1 heteroatoms. The lowest BCUT2D eigenvalue weighted by atomic mass is 10.1. The summed E-state index contributed by atoms with van der Waals surface area (Å²) in [6.45, 7) is 7.67. The average Bonchev–Trinajstić information content (AvgIpc) is 2.10. The highest BCUT2D eigenvalue weighted by Crippen LogP contribution is 2.12. The van der Waals surface area contributed by atoms with E-state index in [-0.39, 0.29) is 0 Å². The molecule has 1 N–H and O–H groups in total. The highest BCUT2D eigenvalue weighted by atomic mass is 14.8. The molecule has 0 atom stereocenters. The van der Waals surface area contributed by atoms with E-state index in [1.807, 2.05) is 0 Å². The van der Waals surface area contributed by atoms with E-state index in [0.29, 0.717) is 0 Å². The van der Waals surface area contributed by atoms with E-state index in [2.05, 4.69) is 32.3 Å². The van der Waals surface area contributed by atoms with E-state index in [1.54, 1.807) is 5.57 Å². The summed E-state index contributed by atoms with van der Waals surface area (Å²) in [6.07, 6.45) is 8.63. The van der Waals surface area contributed by atoms with Gasteiger partial charge in [0.2, 0.25) is 0 Å². The Bertz CT molecular complexity index is 116. The first-order chi connectivity index (χ1) is 5.85. The van der Waals surface area contributed by atoms with Gasteiger partial charge in [0.15, 0.2) is 0 Å². The number of hydrogen-bond acceptors (Lipinski definition) is 1. The monoisotopic (exact) mass is 169 g/mol. The van der Waals surface area contributed by atoms with Crippen molar-refractivity contribution in [1.82, 2.24) is 5.32 Å². The lowest BCUT2D eigenvalue weighted by molar-refractivity contribution is 0.730. The Morgan fingerprint density at radius 1 is 1.08 bits per heavy atom. The van der Waals surface area contributed by atoms with Gasteiger partial charge in [-0.3, -0.25) is 0 Å². The third kappa shape index (κ3) is 6.26. The van der Waals surface area contributed by atoms with Gasteiger partial charge in [0, 0.05) is 6.54 Å². The van der Waals surface area contributed by atoms with Gasteiger partial charge in [0.05, 0.1) is 0 Å². The number of allylic oxidation sites excluding steroid dienone is 1. The highest BCUT2D eigenvalue weighted by molar-refractivity contribution is 5.00. The van der Waals surface area contributed by atoms with Crippen molar-refractivity contribution in [2.75, 3.05) is 6.54 Å². The molecule has 0 heterocycles. The van der Waals surface area contributed by atoms with Gasteiger partial charge in [-0.2, -0.15) is 0 Å². The van der Waals surface area contributed by atoms with Gasteiger partial charge < -0.3 is 5.32 Å². The summed E-state index contributed by atoms with van der Waals surface area (Å²) in [5.74, 6) is 0. The van der Waals surface area contributed by atoms with Crippen LogP contribution in [0.1, 0.15) is 52.9 Å². The molecule has 0 spiro atoms. The van der Waals surface area contributed by atoms with Gasteiger partial charge in [-0.1, -0.05) is 32.3 Å². The second kappa shape index (κ2) is 8.63. The van der Waals surface area contributed by atoms with Crippen molar-refractivity contribution in [2.24, 2.45) is 0 Å². The average molecular weight is 169 g/mol. The molecule has 72 valence electrons. The molecule has 0 aromatic rings. The van der Waals surface area contributed by atoms with Crippen molar-refractivity contribution in [3.63, 3.8) is 0 Å². The van der Waals surface area contributed by atoms with Crippen LogP contribution in [0.4, 0.5) is 0 Å². The van der Waals surface area contributed by atoms with Crippen molar-refractivity contribution < 1.29 is 0 Å². The predicted molar refractivity (Wildman–Crippen MR) is 56.2 cm³/mol. The SMILES string of the molecule is CCCC/C(=C\NCC)CCC. The van der Waals surface area contributed by atoms with E-state index < -0.39 is 0 Å². The maximum atomic E-state index is 3.28. The van der Waals surface area contributed by atoms with E-state index >= 15 is 0 Å². The van der Waals surface area contributed by atoms with Crippen molar-refractivity contribution >= 4 is 0 Å². The molecule has 0 aromatic heterocycles. The maximum Gasteiger partial charge on any atom is 0.0113 e. The van der Waals surface area contributed by atoms with Crippen LogP contribution in [-0.2, 0) is 0 Å². The zero-order chi connectivity index (χ0) is 9.23. The van der Waals surface area contributed by atoms with Crippen molar-refractivity contribution in [1.29, 1.82) is 0 Å². The number of unbranched alkanes of at least 4 members (excludes halogenated alkanes) is 1. The summed E-state index contributed by atoms with van der Waals surface area (Å²) in [7, 11) is 0. The molecule has 0 rings (SSSR count). The van der Waals surface area contributed by atoms with Gasteiger partial charge in [0.1, 0.15) is 0 Å².